The van der Waals surface area contributed by atoms with Gasteiger partial charge in [-0.1, -0.05) is 18.2 Å². The Hall–Kier alpha value is -2.95. The third-order valence-corrected chi connectivity index (χ3v) is 6.17. The van der Waals surface area contributed by atoms with Crippen LogP contribution in [0.1, 0.15) is 27.8 Å². The number of anilines is 1. The number of carbonyl (C=O) groups is 1. The average molecular weight is 393 g/mol. The second-order valence-electron chi connectivity index (χ2n) is 6.04. The highest BCUT2D eigenvalue weighted by Crippen LogP contribution is 2.35. The van der Waals surface area contributed by atoms with Gasteiger partial charge >= 0.3 is 0 Å². The van der Waals surface area contributed by atoms with Crippen LogP contribution in [-0.2, 0) is 4.79 Å². The molecule has 4 rings (SSSR count). The van der Waals surface area contributed by atoms with E-state index in [1.165, 1.54) is 0 Å². The molecule has 0 fully saturated rings. The number of nitriles is 1. The quantitative estimate of drug-likeness (QED) is 0.696. The van der Waals surface area contributed by atoms with Gasteiger partial charge in [-0.2, -0.15) is 10.4 Å². The molecule has 1 N–H and O–H groups in total. The van der Waals surface area contributed by atoms with Gasteiger partial charge in [0.1, 0.15) is 0 Å². The van der Waals surface area contributed by atoms with Gasteiger partial charge in [-0.15, -0.1) is 22.7 Å². The van der Waals surface area contributed by atoms with E-state index in [-0.39, 0.29) is 18.5 Å². The predicted octanol–water partition coefficient (Wildman–Crippen LogP) is 4.47. The third kappa shape index (κ3) is 3.77. The molecular formula is C20H16N4OS2. The first-order valence-electron chi connectivity index (χ1n) is 8.45. The summed E-state index contributed by atoms with van der Waals surface area (Å²) in [5, 5.41) is 22.4. The van der Waals surface area contributed by atoms with Crippen molar-refractivity contribution in [1.29, 1.82) is 5.26 Å². The van der Waals surface area contributed by atoms with Crippen LogP contribution < -0.4 is 5.32 Å². The molecule has 0 radical (unpaired) electrons. The largest absolute Gasteiger partial charge is 0.376 e. The van der Waals surface area contributed by atoms with Gasteiger partial charge in [0.15, 0.2) is 0 Å². The molecule has 2 aromatic heterocycles. The summed E-state index contributed by atoms with van der Waals surface area (Å²) >= 11 is 3.28. The smallest absolute Gasteiger partial charge is 0.262 e. The van der Waals surface area contributed by atoms with Gasteiger partial charge in [0.05, 0.1) is 34.8 Å². The lowest BCUT2D eigenvalue weighted by molar-refractivity contribution is -0.131. The topological polar surface area (TPSA) is 68.5 Å². The van der Waals surface area contributed by atoms with Gasteiger partial charge in [0, 0.05) is 17.0 Å². The number of nitrogens with one attached hydrogen (secondary N) is 1. The molecule has 0 spiro atoms. The lowest BCUT2D eigenvalue weighted by Crippen LogP contribution is -2.31. The predicted molar refractivity (Wildman–Crippen MR) is 109 cm³/mol. The Labute approximate surface area is 165 Å². The molecule has 1 aromatic carbocycles. The number of benzene rings is 1. The molecule has 134 valence electrons. The SMILES string of the molecule is N#Cc1cccc(NCC(=O)N2N=C(c3cccs3)CC2c2cccs2)c1. The Morgan fingerprint density at radius 1 is 1.22 bits per heavy atom. The Balaban J connectivity index is 1.52. The summed E-state index contributed by atoms with van der Waals surface area (Å²) in [6, 6.07) is 17.2. The van der Waals surface area contributed by atoms with E-state index < -0.39 is 0 Å². The van der Waals surface area contributed by atoms with Crippen molar-refractivity contribution in [1.82, 2.24) is 5.01 Å². The highest BCUT2D eigenvalue weighted by atomic mass is 32.1. The van der Waals surface area contributed by atoms with E-state index in [9.17, 15) is 4.79 Å². The molecule has 1 amide bonds. The molecule has 27 heavy (non-hydrogen) atoms. The van der Waals surface area contributed by atoms with E-state index in [4.69, 9.17) is 5.26 Å². The van der Waals surface area contributed by atoms with Crippen LogP contribution in [0.2, 0.25) is 0 Å². The van der Waals surface area contributed by atoms with E-state index >= 15 is 0 Å². The first-order valence-corrected chi connectivity index (χ1v) is 10.2. The van der Waals surface area contributed by atoms with Crippen molar-refractivity contribution < 1.29 is 4.79 Å². The summed E-state index contributed by atoms with van der Waals surface area (Å²) in [4.78, 5) is 15.1. The second kappa shape index (κ2) is 7.74. The maximum Gasteiger partial charge on any atom is 0.262 e. The zero-order valence-corrected chi connectivity index (χ0v) is 16.0. The lowest BCUT2D eigenvalue weighted by Gasteiger charge is -2.21. The molecule has 3 heterocycles. The first-order chi connectivity index (χ1) is 13.2. The summed E-state index contributed by atoms with van der Waals surface area (Å²) < 4.78 is 0. The minimum absolute atomic E-state index is 0.0677. The number of rotatable bonds is 5. The molecule has 1 atom stereocenters. The van der Waals surface area contributed by atoms with Crippen molar-refractivity contribution in [3.8, 4) is 6.07 Å². The Kier molecular flexibility index (Phi) is 5.01. The monoisotopic (exact) mass is 392 g/mol. The first kappa shape index (κ1) is 17.5. The maximum absolute atomic E-state index is 12.9. The van der Waals surface area contributed by atoms with Crippen molar-refractivity contribution in [3.63, 3.8) is 0 Å². The molecule has 3 aromatic rings. The molecule has 7 heteroatoms. The van der Waals surface area contributed by atoms with Crippen LogP contribution in [-0.4, -0.2) is 23.2 Å². The fourth-order valence-corrected chi connectivity index (χ4v) is 4.52. The van der Waals surface area contributed by atoms with Crippen LogP contribution in [0.3, 0.4) is 0 Å². The highest BCUT2D eigenvalue weighted by molar-refractivity contribution is 7.12. The standard InChI is InChI=1S/C20H16N4OS2/c21-12-14-4-1-5-15(10-14)22-13-20(25)24-17(19-7-3-9-27-19)11-16(23-24)18-6-2-8-26-18/h1-10,17,22H,11,13H2. The summed E-state index contributed by atoms with van der Waals surface area (Å²) in [6.07, 6.45) is 0.719. The molecule has 1 aliphatic heterocycles. The fourth-order valence-electron chi connectivity index (χ4n) is 2.99. The second-order valence-corrected chi connectivity index (χ2v) is 7.97. The van der Waals surface area contributed by atoms with E-state index in [0.717, 1.165) is 27.6 Å². The number of hydrazone groups is 1. The zero-order valence-electron chi connectivity index (χ0n) is 14.3. The van der Waals surface area contributed by atoms with Crippen LogP contribution in [0.25, 0.3) is 0 Å². The van der Waals surface area contributed by atoms with Gasteiger partial charge in [-0.3, -0.25) is 4.79 Å². The van der Waals surface area contributed by atoms with Gasteiger partial charge in [-0.05, 0) is 41.1 Å². The maximum atomic E-state index is 12.9. The summed E-state index contributed by atoms with van der Waals surface area (Å²) in [5.41, 5.74) is 2.25. The van der Waals surface area contributed by atoms with E-state index in [1.54, 1.807) is 45.9 Å². The Bertz CT molecular complexity index is 1000. The number of amides is 1. The lowest BCUT2D eigenvalue weighted by atomic mass is 10.1. The number of thiophene rings is 2. The Morgan fingerprint density at radius 2 is 2.07 bits per heavy atom. The normalized spacial score (nSPS) is 16.0. The highest BCUT2D eigenvalue weighted by Gasteiger charge is 2.33. The number of hydrogen-bond acceptors (Lipinski definition) is 6. The van der Waals surface area contributed by atoms with E-state index in [1.807, 2.05) is 41.1 Å². The van der Waals surface area contributed by atoms with E-state index in [0.29, 0.717) is 5.56 Å². The molecule has 0 bridgehead atoms. The van der Waals surface area contributed by atoms with Crippen molar-refractivity contribution in [2.75, 3.05) is 11.9 Å². The summed E-state index contributed by atoms with van der Waals surface area (Å²) in [7, 11) is 0. The minimum Gasteiger partial charge on any atom is -0.376 e. The van der Waals surface area contributed by atoms with Gasteiger partial charge in [-0.25, -0.2) is 5.01 Å². The van der Waals surface area contributed by atoms with Crippen LogP contribution in [0.15, 0.2) is 64.4 Å². The fraction of sp³-hybridized carbons (Fsp3) is 0.150. The van der Waals surface area contributed by atoms with Crippen molar-refractivity contribution in [2.45, 2.75) is 12.5 Å². The number of hydrogen-bond donors (Lipinski definition) is 1. The summed E-state index contributed by atoms with van der Waals surface area (Å²) in [6.45, 7) is 0.123. The van der Waals surface area contributed by atoms with Crippen molar-refractivity contribution >= 4 is 40.0 Å². The molecule has 0 saturated heterocycles. The molecule has 1 unspecified atom stereocenters. The number of carbonyl (C=O) groups excluding carboxylic acids is 1. The Morgan fingerprint density at radius 3 is 2.81 bits per heavy atom. The van der Waals surface area contributed by atoms with E-state index in [2.05, 4.69) is 16.5 Å². The molecule has 0 aliphatic carbocycles. The van der Waals surface area contributed by atoms with Gasteiger partial charge < -0.3 is 5.32 Å². The van der Waals surface area contributed by atoms with Crippen LogP contribution in [0, 0.1) is 11.3 Å². The van der Waals surface area contributed by atoms with Crippen LogP contribution >= 0.6 is 22.7 Å². The zero-order chi connectivity index (χ0) is 18.6. The average Bonchev–Trinajstić information content (AvgIpc) is 3.46. The molecule has 5 nitrogen and oxygen atoms in total. The molecule has 0 saturated carbocycles. The van der Waals surface area contributed by atoms with Crippen molar-refractivity contribution in [2.24, 2.45) is 5.10 Å². The van der Waals surface area contributed by atoms with Crippen molar-refractivity contribution in [3.05, 3.63) is 74.6 Å². The molecule has 1 aliphatic rings. The van der Waals surface area contributed by atoms with Crippen LogP contribution in [0.5, 0.6) is 0 Å². The third-order valence-electron chi connectivity index (χ3n) is 4.28. The van der Waals surface area contributed by atoms with Crippen LogP contribution in [0.4, 0.5) is 5.69 Å². The van der Waals surface area contributed by atoms with Gasteiger partial charge in [0.2, 0.25) is 0 Å². The minimum atomic E-state index is -0.0951. The number of nitrogens with zero attached hydrogens (tertiary/aromatic N) is 3. The molecular weight excluding hydrogens is 376 g/mol. The van der Waals surface area contributed by atoms with Gasteiger partial charge in [0.25, 0.3) is 5.91 Å². The summed E-state index contributed by atoms with van der Waals surface area (Å²) in [5.74, 6) is -0.0951.